The highest BCUT2D eigenvalue weighted by atomic mass is 32.2. The van der Waals surface area contributed by atoms with E-state index in [2.05, 4.69) is 4.74 Å². The molecule has 0 unspecified atom stereocenters. The zero-order chi connectivity index (χ0) is 15.9. The maximum Gasteiger partial charge on any atom is 0.322 e. The van der Waals surface area contributed by atoms with Crippen molar-refractivity contribution in [2.75, 3.05) is 7.11 Å². The molecular formula is C13H15NO6S. The van der Waals surface area contributed by atoms with E-state index in [-0.39, 0.29) is 0 Å². The molecular weight excluding hydrogens is 298 g/mol. The predicted molar refractivity (Wildman–Crippen MR) is 75.6 cm³/mol. The fourth-order valence-electron chi connectivity index (χ4n) is 1.40. The molecule has 0 radical (unpaired) electrons. The molecule has 2 N–H and O–H groups in total. The highest BCUT2D eigenvalue weighted by Crippen LogP contribution is 2.04. The van der Waals surface area contributed by atoms with E-state index < -0.39 is 34.4 Å². The quantitative estimate of drug-likeness (QED) is 0.713. The molecule has 0 saturated heterocycles. The van der Waals surface area contributed by atoms with Crippen LogP contribution >= 0.6 is 0 Å². The van der Waals surface area contributed by atoms with Crippen LogP contribution in [0.2, 0.25) is 0 Å². The zero-order valence-corrected chi connectivity index (χ0v) is 12.0. The number of aliphatic carboxylic acids is 1. The third kappa shape index (κ3) is 6.19. The SMILES string of the molecule is COC(=O)C[C@H](NS(=O)(=O)C=Cc1ccccc1)C(=O)O. The molecule has 0 bridgehead atoms. The van der Waals surface area contributed by atoms with Crippen LogP contribution in [-0.2, 0) is 24.3 Å². The van der Waals surface area contributed by atoms with Gasteiger partial charge in [-0.1, -0.05) is 30.3 Å². The number of carboxylic acids is 1. The number of nitrogens with one attached hydrogen (secondary N) is 1. The normalized spacial score (nSPS) is 13.0. The van der Waals surface area contributed by atoms with E-state index >= 15 is 0 Å². The highest BCUT2D eigenvalue weighted by Gasteiger charge is 2.25. The van der Waals surface area contributed by atoms with Crippen LogP contribution in [-0.4, -0.2) is 38.6 Å². The van der Waals surface area contributed by atoms with E-state index in [0.29, 0.717) is 5.56 Å². The van der Waals surface area contributed by atoms with Crippen LogP contribution in [0.1, 0.15) is 12.0 Å². The number of carboxylic acid groups (broad SMARTS) is 1. The number of rotatable bonds is 7. The third-order valence-corrected chi connectivity index (χ3v) is 3.55. The second kappa shape index (κ2) is 7.55. The molecule has 0 aromatic heterocycles. The van der Waals surface area contributed by atoms with Gasteiger partial charge in [-0.15, -0.1) is 0 Å². The van der Waals surface area contributed by atoms with Crippen LogP contribution in [0.25, 0.3) is 6.08 Å². The maximum absolute atomic E-state index is 11.8. The Kier molecular flexibility index (Phi) is 6.07. The van der Waals surface area contributed by atoms with E-state index in [0.717, 1.165) is 12.5 Å². The van der Waals surface area contributed by atoms with Gasteiger partial charge in [-0.2, -0.15) is 4.72 Å². The summed E-state index contributed by atoms with van der Waals surface area (Å²) in [5.41, 5.74) is 0.641. The van der Waals surface area contributed by atoms with Crippen molar-refractivity contribution < 1.29 is 27.9 Å². The van der Waals surface area contributed by atoms with Crippen LogP contribution in [0.5, 0.6) is 0 Å². The lowest BCUT2D eigenvalue weighted by molar-refractivity contribution is -0.147. The minimum Gasteiger partial charge on any atom is -0.480 e. The predicted octanol–water partition coefficient (Wildman–Crippen LogP) is 0.593. The van der Waals surface area contributed by atoms with Gasteiger partial charge in [-0.25, -0.2) is 8.42 Å². The Morgan fingerprint density at radius 3 is 2.48 bits per heavy atom. The van der Waals surface area contributed by atoms with E-state index in [4.69, 9.17) is 5.11 Å². The van der Waals surface area contributed by atoms with Crippen LogP contribution in [0.15, 0.2) is 35.7 Å². The van der Waals surface area contributed by atoms with Gasteiger partial charge in [0.2, 0.25) is 10.0 Å². The van der Waals surface area contributed by atoms with Crippen molar-refractivity contribution in [1.29, 1.82) is 0 Å². The molecule has 114 valence electrons. The molecule has 0 aliphatic heterocycles. The van der Waals surface area contributed by atoms with Crippen LogP contribution < -0.4 is 4.72 Å². The number of carbonyl (C=O) groups is 2. The molecule has 0 heterocycles. The molecule has 0 saturated carbocycles. The van der Waals surface area contributed by atoms with Gasteiger partial charge in [0.1, 0.15) is 6.04 Å². The van der Waals surface area contributed by atoms with Crippen molar-refractivity contribution in [2.45, 2.75) is 12.5 Å². The number of methoxy groups -OCH3 is 1. The van der Waals surface area contributed by atoms with Gasteiger partial charge in [0, 0.05) is 5.41 Å². The van der Waals surface area contributed by atoms with E-state index in [1.165, 1.54) is 6.08 Å². The first kappa shape index (κ1) is 16.9. The Labute approximate surface area is 122 Å². The number of hydrogen-bond donors (Lipinski definition) is 2. The molecule has 8 heteroatoms. The van der Waals surface area contributed by atoms with Gasteiger partial charge in [-0.05, 0) is 11.6 Å². The molecule has 1 aromatic carbocycles. The van der Waals surface area contributed by atoms with Crippen molar-refractivity contribution in [2.24, 2.45) is 0 Å². The van der Waals surface area contributed by atoms with Crippen LogP contribution in [0.3, 0.4) is 0 Å². The summed E-state index contributed by atoms with van der Waals surface area (Å²) >= 11 is 0. The Morgan fingerprint density at radius 2 is 1.95 bits per heavy atom. The minimum atomic E-state index is -4.00. The van der Waals surface area contributed by atoms with Crippen LogP contribution in [0.4, 0.5) is 0 Å². The van der Waals surface area contributed by atoms with E-state index in [9.17, 15) is 18.0 Å². The summed E-state index contributed by atoms with van der Waals surface area (Å²) in [6, 6.07) is 7.04. The van der Waals surface area contributed by atoms with Crippen molar-refractivity contribution in [3.63, 3.8) is 0 Å². The number of hydrogen-bond acceptors (Lipinski definition) is 5. The van der Waals surface area contributed by atoms with Gasteiger partial charge in [0.15, 0.2) is 0 Å². The second-order valence-electron chi connectivity index (χ2n) is 4.05. The molecule has 7 nitrogen and oxygen atoms in total. The Bertz CT molecular complexity index is 623. The van der Waals surface area contributed by atoms with Gasteiger partial charge in [0.25, 0.3) is 0 Å². The lowest BCUT2D eigenvalue weighted by Gasteiger charge is -2.11. The van der Waals surface area contributed by atoms with Gasteiger partial charge in [0.05, 0.1) is 13.5 Å². The lowest BCUT2D eigenvalue weighted by Crippen LogP contribution is -2.41. The molecule has 1 atom stereocenters. The largest absolute Gasteiger partial charge is 0.480 e. The molecule has 0 aliphatic rings. The Morgan fingerprint density at radius 1 is 1.33 bits per heavy atom. The van der Waals surface area contributed by atoms with Gasteiger partial charge >= 0.3 is 11.9 Å². The molecule has 0 spiro atoms. The standard InChI is InChI=1S/C13H15NO6S/c1-20-12(15)9-11(13(16)17)14-21(18,19)8-7-10-5-3-2-4-6-10/h2-8,11,14H,9H2,1H3,(H,16,17)/t11-/m0/s1. The summed E-state index contributed by atoms with van der Waals surface area (Å²) < 4.78 is 29.8. The number of sulfonamides is 1. The number of benzene rings is 1. The van der Waals surface area contributed by atoms with Crippen molar-refractivity contribution in [3.05, 3.63) is 41.3 Å². The molecule has 1 rings (SSSR count). The van der Waals surface area contributed by atoms with Gasteiger partial charge < -0.3 is 9.84 Å². The first-order valence-corrected chi connectivity index (χ1v) is 7.44. The molecule has 21 heavy (non-hydrogen) atoms. The zero-order valence-electron chi connectivity index (χ0n) is 11.2. The summed E-state index contributed by atoms with van der Waals surface area (Å²) in [5.74, 6) is -2.28. The van der Waals surface area contributed by atoms with E-state index in [1.807, 2.05) is 4.72 Å². The van der Waals surface area contributed by atoms with E-state index in [1.54, 1.807) is 30.3 Å². The number of esters is 1. The minimum absolute atomic E-state index is 0.593. The fourth-order valence-corrected chi connectivity index (χ4v) is 2.39. The third-order valence-electron chi connectivity index (χ3n) is 2.44. The summed E-state index contributed by atoms with van der Waals surface area (Å²) in [6.07, 6.45) is 0.726. The fraction of sp³-hybridized carbons (Fsp3) is 0.231. The topological polar surface area (TPSA) is 110 Å². The molecule has 1 aromatic rings. The monoisotopic (exact) mass is 313 g/mol. The Balaban J connectivity index is 2.79. The van der Waals surface area contributed by atoms with Gasteiger partial charge in [-0.3, -0.25) is 9.59 Å². The summed E-state index contributed by atoms with van der Waals surface area (Å²) in [7, 11) is -2.91. The summed E-state index contributed by atoms with van der Waals surface area (Å²) in [4.78, 5) is 22.0. The average Bonchev–Trinajstić information content (AvgIpc) is 2.45. The van der Waals surface area contributed by atoms with Crippen molar-refractivity contribution >= 4 is 28.0 Å². The average molecular weight is 313 g/mol. The maximum atomic E-state index is 11.8. The molecule has 0 aliphatic carbocycles. The first-order chi connectivity index (χ1) is 9.84. The second-order valence-corrected chi connectivity index (χ2v) is 5.65. The van der Waals surface area contributed by atoms with Crippen LogP contribution in [0, 0.1) is 0 Å². The summed E-state index contributed by atoms with van der Waals surface area (Å²) in [6.45, 7) is 0. The Hall–Kier alpha value is -2.19. The van der Waals surface area contributed by atoms with Crippen molar-refractivity contribution in [1.82, 2.24) is 4.72 Å². The van der Waals surface area contributed by atoms with Crippen molar-refractivity contribution in [3.8, 4) is 0 Å². The first-order valence-electron chi connectivity index (χ1n) is 5.89. The number of carbonyl (C=O) groups excluding carboxylic acids is 1. The highest BCUT2D eigenvalue weighted by molar-refractivity contribution is 7.92. The number of ether oxygens (including phenoxy) is 1. The summed E-state index contributed by atoms with van der Waals surface area (Å²) in [5, 5.41) is 9.75. The smallest absolute Gasteiger partial charge is 0.322 e. The molecule has 0 fully saturated rings. The molecule has 0 amide bonds. The lowest BCUT2D eigenvalue weighted by atomic mass is 10.2.